The van der Waals surface area contributed by atoms with Crippen molar-refractivity contribution >= 4 is 11.6 Å². The molecule has 1 aromatic carbocycles. The molecule has 3 aromatic rings. The summed E-state index contributed by atoms with van der Waals surface area (Å²) in [5.74, 6) is 0.641. The summed E-state index contributed by atoms with van der Waals surface area (Å²) in [7, 11) is 0. The summed E-state index contributed by atoms with van der Waals surface area (Å²) in [4.78, 5) is 5.34. The third-order valence-corrected chi connectivity index (χ3v) is 6.92. The molecule has 5 rings (SSSR count). The molecule has 0 atom stereocenters. The summed E-state index contributed by atoms with van der Waals surface area (Å²) in [6.45, 7) is 2.36. The Morgan fingerprint density at radius 2 is 1.83 bits per heavy atom. The van der Waals surface area contributed by atoms with E-state index >= 15 is 0 Å². The monoisotopic (exact) mass is 407 g/mol. The zero-order valence-corrected chi connectivity index (χ0v) is 17.6. The van der Waals surface area contributed by atoms with Crippen molar-refractivity contribution < 1.29 is 0 Å². The van der Waals surface area contributed by atoms with Crippen molar-refractivity contribution in [2.75, 3.05) is 0 Å². The highest BCUT2D eigenvalue weighted by Gasteiger charge is 2.38. The number of halogens is 1. The molecule has 0 bridgehead atoms. The van der Waals surface area contributed by atoms with Gasteiger partial charge in [0.2, 0.25) is 5.82 Å². The van der Waals surface area contributed by atoms with Crippen molar-refractivity contribution in [1.82, 2.24) is 25.6 Å². The molecule has 0 radical (unpaired) electrons. The first kappa shape index (κ1) is 18.7. The Kier molecular flexibility index (Phi) is 4.86. The van der Waals surface area contributed by atoms with Crippen molar-refractivity contribution in [1.29, 1.82) is 0 Å². The molecule has 1 saturated carbocycles. The Morgan fingerprint density at radius 1 is 1.00 bits per heavy atom. The number of benzene rings is 1. The predicted octanol–water partition coefficient (Wildman–Crippen LogP) is 5.68. The van der Waals surface area contributed by atoms with Gasteiger partial charge in [-0.2, -0.15) is 5.21 Å². The van der Waals surface area contributed by atoms with Gasteiger partial charge in [-0.15, -0.1) is 10.2 Å². The Morgan fingerprint density at radius 3 is 2.59 bits per heavy atom. The number of nitrogens with zero attached hydrogens (tertiary/aromatic N) is 4. The van der Waals surface area contributed by atoms with E-state index in [1.807, 2.05) is 12.1 Å². The number of aromatic nitrogens is 5. The van der Waals surface area contributed by atoms with Crippen LogP contribution in [0, 0.1) is 0 Å². The van der Waals surface area contributed by atoms with Crippen LogP contribution in [0.5, 0.6) is 0 Å². The number of hydrogen-bond acceptors (Lipinski definition) is 4. The summed E-state index contributed by atoms with van der Waals surface area (Å²) < 4.78 is 0. The first-order valence-electron chi connectivity index (χ1n) is 10.7. The molecule has 29 heavy (non-hydrogen) atoms. The average Bonchev–Trinajstić information content (AvgIpc) is 3.35. The van der Waals surface area contributed by atoms with Crippen LogP contribution in [0.25, 0.3) is 22.5 Å². The molecule has 0 spiro atoms. The van der Waals surface area contributed by atoms with Crippen LogP contribution < -0.4 is 0 Å². The second kappa shape index (κ2) is 7.52. The minimum absolute atomic E-state index is 0.0463. The molecule has 5 nitrogen and oxygen atoms in total. The Labute approximate surface area is 176 Å². The van der Waals surface area contributed by atoms with Gasteiger partial charge in [0.25, 0.3) is 0 Å². The molecule has 0 unspecified atom stereocenters. The third kappa shape index (κ3) is 3.35. The van der Waals surface area contributed by atoms with Crippen molar-refractivity contribution in [2.24, 2.45) is 0 Å². The van der Waals surface area contributed by atoms with Crippen LogP contribution in [0.1, 0.15) is 68.8 Å². The largest absolute Gasteiger partial charge is 0.256 e. The van der Waals surface area contributed by atoms with E-state index in [2.05, 4.69) is 39.7 Å². The minimum atomic E-state index is 0.0463. The molecule has 1 N–H and O–H groups in total. The third-order valence-electron chi connectivity index (χ3n) is 6.69. The lowest BCUT2D eigenvalue weighted by atomic mass is 9.78. The highest BCUT2D eigenvalue weighted by atomic mass is 35.5. The summed E-state index contributed by atoms with van der Waals surface area (Å²) in [5, 5.41) is 16.1. The summed E-state index contributed by atoms with van der Waals surface area (Å²) >= 11 is 6.42. The fraction of sp³-hybridized carbons (Fsp3) is 0.478. The molecular formula is C23H26ClN5. The maximum Gasteiger partial charge on any atom is 0.207 e. The van der Waals surface area contributed by atoms with E-state index in [1.54, 1.807) is 0 Å². The van der Waals surface area contributed by atoms with Gasteiger partial charge in [-0.25, -0.2) is 0 Å². The molecule has 6 heteroatoms. The number of H-pyrrole nitrogens is 1. The lowest BCUT2D eigenvalue weighted by molar-refractivity contribution is 0.475. The molecular weight excluding hydrogens is 382 g/mol. The van der Waals surface area contributed by atoms with Crippen LogP contribution in [0.4, 0.5) is 0 Å². The first-order chi connectivity index (χ1) is 14.2. The van der Waals surface area contributed by atoms with Crippen LogP contribution in [0.3, 0.4) is 0 Å². The normalized spacial score (nSPS) is 18.4. The van der Waals surface area contributed by atoms with Gasteiger partial charge in [0.1, 0.15) is 0 Å². The Hall–Kier alpha value is -2.27. The van der Waals surface area contributed by atoms with E-state index in [0.29, 0.717) is 5.82 Å². The molecule has 0 saturated heterocycles. The molecule has 1 fully saturated rings. The zero-order valence-electron chi connectivity index (χ0n) is 16.8. The number of tetrazole rings is 1. The lowest BCUT2D eigenvalue weighted by Crippen LogP contribution is -2.22. The Bertz CT molecular complexity index is 1020. The number of pyridine rings is 1. The number of nitrogens with one attached hydrogen (secondary N) is 1. The van der Waals surface area contributed by atoms with E-state index in [4.69, 9.17) is 16.6 Å². The van der Waals surface area contributed by atoms with Crippen LogP contribution >= 0.6 is 11.6 Å². The molecule has 2 heterocycles. The highest BCUT2D eigenvalue weighted by Crippen LogP contribution is 2.48. The SMILES string of the molecule is CC1(c2nc3c(c(-c4cccc(Cl)c4)c2-c2nn[nH]n2)CCCCC3)CCCC1. The molecule has 2 aliphatic carbocycles. The fourth-order valence-corrected chi connectivity index (χ4v) is 5.39. The second-order valence-electron chi connectivity index (χ2n) is 8.71. The van der Waals surface area contributed by atoms with Gasteiger partial charge in [0.15, 0.2) is 0 Å². The van der Waals surface area contributed by atoms with Crippen LogP contribution in [-0.4, -0.2) is 25.6 Å². The van der Waals surface area contributed by atoms with E-state index in [0.717, 1.165) is 47.5 Å². The van der Waals surface area contributed by atoms with Gasteiger partial charge in [0, 0.05) is 16.1 Å². The zero-order chi connectivity index (χ0) is 19.8. The van der Waals surface area contributed by atoms with Crippen molar-refractivity contribution in [3.63, 3.8) is 0 Å². The smallest absolute Gasteiger partial charge is 0.207 e. The van der Waals surface area contributed by atoms with Gasteiger partial charge in [-0.1, -0.05) is 49.9 Å². The molecule has 150 valence electrons. The van der Waals surface area contributed by atoms with Gasteiger partial charge in [-0.05, 0) is 72.6 Å². The fourth-order valence-electron chi connectivity index (χ4n) is 5.20. The van der Waals surface area contributed by atoms with Crippen molar-refractivity contribution in [3.05, 3.63) is 46.2 Å². The van der Waals surface area contributed by atoms with Crippen LogP contribution in [0.2, 0.25) is 5.02 Å². The molecule has 2 aliphatic rings. The van der Waals surface area contributed by atoms with Crippen molar-refractivity contribution in [2.45, 2.75) is 70.1 Å². The Balaban J connectivity index is 1.87. The van der Waals surface area contributed by atoms with Gasteiger partial charge < -0.3 is 0 Å². The number of hydrogen-bond donors (Lipinski definition) is 1. The summed E-state index contributed by atoms with van der Waals surface area (Å²) in [5.41, 5.74) is 7.18. The van der Waals surface area contributed by atoms with Gasteiger partial charge in [0.05, 0.1) is 11.3 Å². The number of aryl methyl sites for hydroxylation is 1. The number of aromatic amines is 1. The van der Waals surface area contributed by atoms with Gasteiger partial charge >= 0.3 is 0 Å². The maximum absolute atomic E-state index is 6.42. The topological polar surface area (TPSA) is 67.3 Å². The standard InChI is InChI=1S/C23H26ClN5/c1-23(12-5-6-13-23)21-20(22-26-28-29-27-22)19(15-8-7-9-16(24)14-15)17-10-3-2-4-11-18(17)25-21/h7-9,14H,2-6,10-13H2,1H3,(H,26,27,28,29). The van der Waals surface area contributed by atoms with Gasteiger partial charge in [-0.3, -0.25) is 4.98 Å². The van der Waals surface area contributed by atoms with E-state index in [1.165, 1.54) is 48.9 Å². The molecule has 2 aromatic heterocycles. The van der Waals surface area contributed by atoms with E-state index < -0.39 is 0 Å². The summed E-state index contributed by atoms with van der Waals surface area (Å²) in [6, 6.07) is 8.17. The molecule has 0 amide bonds. The minimum Gasteiger partial charge on any atom is -0.256 e. The number of fused-ring (bicyclic) bond motifs is 1. The lowest BCUT2D eigenvalue weighted by Gasteiger charge is -2.29. The highest BCUT2D eigenvalue weighted by molar-refractivity contribution is 6.30. The number of rotatable bonds is 3. The van der Waals surface area contributed by atoms with E-state index in [9.17, 15) is 0 Å². The maximum atomic E-state index is 6.42. The second-order valence-corrected chi connectivity index (χ2v) is 9.15. The molecule has 0 aliphatic heterocycles. The first-order valence-corrected chi connectivity index (χ1v) is 11.1. The summed E-state index contributed by atoms with van der Waals surface area (Å²) in [6.07, 6.45) is 10.5. The average molecular weight is 408 g/mol. The quantitative estimate of drug-likeness (QED) is 0.567. The van der Waals surface area contributed by atoms with Crippen LogP contribution in [0.15, 0.2) is 24.3 Å². The predicted molar refractivity (Wildman–Crippen MR) is 115 cm³/mol. The van der Waals surface area contributed by atoms with E-state index in [-0.39, 0.29) is 5.41 Å². The van der Waals surface area contributed by atoms with Crippen LogP contribution in [-0.2, 0) is 18.3 Å². The van der Waals surface area contributed by atoms with Crippen molar-refractivity contribution in [3.8, 4) is 22.5 Å².